The van der Waals surface area contributed by atoms with Crippen LogP contribution in [0, 0.1) is 11.3 Å². The Balaban J connectivity index is 1.83. The first kappa shape index (κ1) is 14.6. The lowest BCUT2D eigenvalue weighted by Crippen LogP contribution is -2.24. The lowest BCUT2D eigenvalue weighted by atomic mass is 9.74. The monoisotopic (exact) mass is 309 g/mol. The van der Waals surface area contributed by atoms with Crippen molar-refractivity contribution in [2.24, 2.45) is 5.92 Å². The maximum absolute atomic E-state index is 8.81. The standard InChI is InChI=1S/C23H19N/c24-23-20-14-8-7-9-17(20)15-16-21(23)22(18-10-3-1-4-11-18)19-12-5-2-6-13-19/h1-16,21-22,24H. The third-order valence-corrected chi connectivity index (χ3v) is 4.74. The zero-order valence-electron chi connectivity index (χ0n) is 13.4. The van der Waals surface area contributed by atoms with Crippen LogP contribution in [0.1, 0.15) is 28.2 Å². The second kappa shape index (κ2) is 6.29. The Kier molecular flexibility index (Phi) is 3.84. The molecular formula is C23H19N. The summed E-state index contributed by atoms with van der Waals surface area (Å²) >= 11 is 0. The van der Waals surface area contributed by atoms with Crippen molar-refractivity contribution in [3.63, 3.8) is 0 Å². The molecule has 1 nitrogen and oxygen atoms in total. The molecule has 1 heteroatoms. The molecule has 24 heavy (non-hydrogen) atoms. The van der Waals surface area contributed by atoms with E-state index < -0.39 is 0 Å². The third kappa shape index (κ3) is 2.59. The molecule has 0 heterocycles. The van der Waals surface area contributed by atoms with E-state index in [0.29, 0.717) is 5.71 Å². The molecule has 0 radical (unpaired) electrons. The molecule has 1 aliphatic carbocycles. The molecule has 0 saturated carbocycles. The van der Waals surface area contributed by atoms with Gasteiger partial charge in [-0.2, -0.15) is 0 Å². The summed E-state index contributed by atoms with van der Waals surface area (Å²) in [5.41, 5.74) is 5.39. The van der Waals surface area contributed by atoms with Gasteiger partial charge in [0.15, 0.2) is 0 Å². The normalized spacial score (nSPS) is 16.2. The van der Waals surface area contributed by atoms with Crippen molar-refractivity contribution < 1.29 is 0 Å². The maximum atomic E-state index is 8.81. The Morgan fingerprint density at radius 2 is 1.21 bits per heavy atom. The van der Waals surface area contributed by atoms with Gasteiger partial charge in [-0.15, -0.1) is 0 Å². The highest BCUT2D eigenvalue weighted by molar-refractivity contribution is 6.06. The molecule has 3 aromatic carbocycles. The van der Waals surface area contributed by atoms with E-state index >= 15 is 0 Å². The second-order valence-electron chi connectivity index (χ2n) is 6.18. The smallest absolute Gasteiger partial charge is 0.0470 e. The zero-order valence-corrected chi connectivity index (χ0v) is 13.4. The topological polar surface area (TPSA) is 23.9 Å². The van der Waals surface area contributed by atoms with Gasteiger partial charge in [0.1, 0.15) is 0 Å². The lowest BCUT2D eigenvalue weighted by molar-refractivity contribution is 0.716. The van der Waals surface area contributed by atoms with Gasteiger partial charge in [-0.3, -0.25) is 0 Å². The van der Waals surface area contributed by atoms with Crippen molar-refractivity contribution in [1.29, 1.82) is 5.41 Å². The largest absolute Gasteiger partial charge is 0.304 e. The number of fused-ring (bicyclic) bond motifs is 1. The molecule has 0 spiro atoms. The van der Waals surface area contributed by atoms with Crippen LogP contribution in [0.25, 0.3) is 6.08 Å². The maximum Gasteiger partial charge on any atom is 0.0470 e. The molecule has 1 N–H and O–H groups in total. The highest BCUT2D eigenvalue weighted by Gasteiger charge is 2.29. The average Bonchev–Trinajstić information content (AvgIpc) is 2.66. The van der Waals surface area contributed by atoms with E-state index in [1.54, 1.807) is 0 Å². The Hall–Kier alpha value is -2.93. The number of benzene rings is 3. The number of hydrogen-bond acceptors (Lipinski definition) is 1. The molecule has 1 unspecified atom stereocenters. The number of nitrogens with one attached hydrogen (secondary N) is 1. The van der Waals surface area contributed by atoms with Crippen molar-refractivity contribution in [3.8, 4) is 0 Å². The summed E-state index contributed by atoms with van der Waals surface area (Å²) in [4.78, 5) is 0. The fraction of sp³-hybridized carbons (Fsp3) is 0.0870. The molecule has 0 aromatic heterocycles. The molecule has 116 valence electrons. The van der Waals surface area contributed by atoms with Crippen molar-refractivity contribution >= 4 is 11.8 Å². The minimum Gasteiger partial charge on any atom is -0.304 e. The first-order chi connectivity index (χ1) is 11.8. The van der Waals surface area contributed by atoms with Crippen LogP contribution >= 0.6 is 0 Å². The van der Waals surface area contributed by atoms with Crippen LogP contribution in [-0.2, 0) is 0 Å². The molecule has 0 aliphatic heterocycles. The van der Waals surface area contributed by atoms with Crippen LogP contribution in [-0.4, -0.2) is 5.71 Å². The molecule has 0 fully saturated rings. The van der Waals surface area contributed by atoms with Gasteiger partial charge >= 0.3 is 0 Å². The van der Waals surface area contributed by atoms with Crippen LogP contribution in [0.2, 0.25) is 0 Å². The minimum atomic E-state index is 0.0460. The Bertz CT molecular complexity index is 839. The fourth-order valence-electron chi connectivity index (χ4n) is 3.58. The first-order valence-corrected chi connectivity index (χ1v) is 8.30. The Morgan fingerprint density at radius 3 is 1.83 bits per heavy atom. The predicted octanol–water partition coefficient (Wildman–Crippen LogP) is 5.53. The quantitative estimate of drug-likeness (QED) is 0.658. The van der Waals surface area contributed by atoms with E-state index in [1.807, 2.05) is 24.3 Å². The highest BCUT2D eigenvalue weighted by atomic mass is 14.5. The van der Waals surface area contributed by atoms with Crippen molar-refractivity contribution in [3.05, 3.63) is 113 Å². The number of hydrogen-bond donors (Lipinski definition) is 1. The van der Waals surface area contributed by atoms with Crippen molar-refractivity contribution in [2.45, 2.75) is 5.92 Å². The summed E-state index contributed by atoms with van der Waals surface area (Å²) in [6.45, 7) is 0. The predicted molar refractivity (Wildman–Crippen MR) is 101 cm³/mol. The molecule has 1 aliphatic rings. The van der Waals surface area contributed by atoms with Crippen LogP contribution in [0.15, 0.2) is 91.0 Å². The van der Waals surface area contributed by atoms with E-state index in [9.17, 15) is 0 Å². The minimum absolute atomic E-state index is 0.0460. The Labute approximate surface area is 142 Å². The zero-order chi connectivity index (χ0) is 16.4. The average molecular weight is 309 g/mol. The summed E-state index contributed by atoms with van der Waals surface area (Å²) in [6, 6.07) is 29.3. The Morgan fingerprint density at radius 1 is 0.667 bits per heavy atom. The van der Waals surface area contributed by atoms with Crippen molar-refractivity contribution in [2.75, 3.05) is 0 Å². The molecule has 0 saturated heterocycles. The molecule has 1 atom stereocenters. The van der Waals surface area contributed by atoms with E-state index in [1.165, 1.54) is 11.1 Å². The summed E-state index contributed by atoms with van der Waals surface area (Å²) in [5.74, 6) is 0.203. The van der Waals surface area contributed by atoms with Gasteiger partial charge in [-0.1, -0.05) is 97.1 Å². The van der Waals surface area contributed by atoms with Gasteiger partial charge in [-0.05, 0) is 16.7 Å². The van der Waals surface area contributed by atoms with E-state index in [0.717, 1.165) is 11.1 Å². The SMILES string of the molecule is N=C1c2ccccc2C=CC1C(c1ccccc1)c1ccccc1. The number of allylic oxidation sites excluding steroid dienone is 1. The van der Waals surface area contributed by atoms with E-state index in [-0.39, 0.29) is 11.8 Å². The molecule has 0 bridgehead atoms. The number of rotatable bonds is 3. The lowest BCUT2D eigenvalue weighted by Gasteiger charge is -2.29. The van der Waals surface area contributed by atoms with Crippen LogP contribution in [0.4, 0.5) is 0 Å². The molecule has 0 amide bonds. The van der Waals surface area contributed by atoms with Crippen molar-refractivity contribution in [1.82, 2.24) is 0 Å². The second-order valence-corrected chi connectivity index (χ2v) is 6.18. The first-order valence-electron chi connectivity index (χ1n) is 8.30. The van der Waals surface area contributed by atoms with Gasteiger partial charge in [0, 0.05) is 23.1 Å². The summed E-state index contributed by atoms with van der Waals surface area (Å²) in [6.07, 6.45) is 4.35. The highest BCUT2D eigenvalue weighted by Crippen LogP contribution is 2.37. The van der Waals surface area contributed by atoms with Gasteiger partial charge in [0.05, 0.1) is 0 Å². The van der Waals surface area contributed by atoms with E-state index in [2.05, 4.69) is 72.8 Å². The summed E-state index contributed by atoms with van der Waals surface area (Å²) < 4.78 is 0. The third-order valence-electron chi connectivity index (χ3n) is 4.74. The van der Waals surface area contributed by atoms with Gasteiger partial charge in [-0.25, -0.2) is 0 Å². The van der Waals surface area contributed by atoms with Crippen LogP contribution in [0.3, 0.4) is 0 Å². The van der Waals surface area contributed by atoms with Gasteiger partial charge < -0.3 is 5.41 Å². The summed E-state index contributed by atoms with van der Waals surface area (Å²) in [5, 5.41) is 8.81. The fourth-order valence-corrected chi connectivity index (χ4v) is 3.58. The summed E-state index contributed by atoms with van der Waals surface area (Å²) in [7, 11) is 0. The molecule has 4 rings (SSSR count). The van der Waals surface area contributed by atoms with E-state index in [4.69, 9.17) is 5.41 Å². The molecule has 3 aromatic rings. The van der Waals surface area contributed by atoms with Crippen LogP contribution < -0.4 is 0 Å². The van der Waals surface area contributed by atoms with Crippen LogP contribution in [0.5, 0.6) is 0 Å². The molecular weight excluding hydrogens is 290 g/mol. The van der Waals surface area contributed by atoms with Gasteiger partial charge in [0.2, 0.25) is 0 Å². The van der Waals surface area contributed by atoms with Gasteiger partial charge in [0.25, 0.3) is 0 Å².